The van der Waals surface area contributed by atoms with E-state index in [0.717, 1.165) is 12.5 Å². The van der Waals surface area contributed by atoms with Gasteiger partial charge in [0.25, 0.3) is 0 Å². The van der Waals surface area contributed by atoms with Crippen molar-refractivity contribution in [1.82, 2.24) is 0 Å². The van der Waals surface area contributed by atoms with E-state index in [4.69, 9.17) is 4.74 Å². The molecule has 0 aromatic heterocycles. The Morgan fingerprint density at radius 2 is 1.07 bits per heavy atom. The normalized spacial score (nSPS) is 9.43. The third-order valence-electron chi connectivity index (χ3n) is 0.763. The molecule has 0 rings (SSSR count). The molecule has 0 N–H and O–H groups in total. The number of hydrogen-bond donors (Lipinski definition) is 0. The third-order valence-corrected chi connectivity index (χ3v) is 0.763. The summed E-state index contributed by atoms with van der Waals surface area (Å²) in [6.45, 7) is 19.8. The Morgan fingerprint density at radius 1 is 0.786 bits per heavy atom. The summed E-state index contributed by atoms with van der Waals surface area (Å²) < 4.78 is 5.30. The monoisotopic (exact) mass is 204 g/mol. The Balaban J connectivity index is -0.000000170. The van der Waals surface area contributed by atoms with Crippen LogP contribution in [0.1, 0.15) is 62.3 Å². The van der Waals surface area contributed by atoms with E-state index in [1.54, 1.807) is 0 Å². The second-order valence-corrected chi connectivity index (χ2v) is 4.51. The molecule has 0 aromatic rings. The van der Waals surface area contributed by atoms with Gasteiger partial charge in [0.05, 0.1) is 6.10 Å². The van der Waals surface area contributed by atoms with Crippen molar-refractivity contribution < 1.29 is 4.74 Å². The molecule has 1 nitrogen and oxygen atoms in total. The van der Waals surface area contributed by atoms with E-state index in [1.807, 2.05) is 13.8 Å². The minimum atomic E-state index is 0.386. The van der Waals surface area contributed by atoms with Crippen LogP contribution in [0.25, 0.3) is 0 Å². The number of ether oxygens (including phenoxy) is 1. The maximum absolute atomic E-state index is 5.30. The molecule has 0 fully saturated rings. The summed E-state index contributed by atoms with van der Waals surface area (Å²) in [4.78, 5) is 0. The van der Waals surface area contributed by atoms with Gasteiger partial charge in [-0.1, -0.05) is 48.5 Å². The van der Waals surface area contributed by atoms with Gasteiger partial charge in [-0.3, -0.25) is 0 Å². The van der Waals surface area contributed by atoms with Crippen molar-refractivity contribution in [2.75, 3.05) is 6.61 Å². The van der Waals surface area contributed by atoms with Crippen molar-refractivity contribution in [2.24, 2.45) is 11.8 Å². The zero-order valence-corrected chi connectivity index (χ0v) is 11.8. The summed E-state index contributed by atoms with van der Waals surface area (Å²) in [5.41, 5.74) is 0. The first-order chi connectivity index (χ1) is 6.36. The highest BCUT2D eigenvalue weighted by atomic mass is 16.5. The van der Waals surface area contributed by atoms with Gasteiger partial charge in [-0.05, 0) is 25.7 Å². The summed E-state index contributed by atoms with van der Waals surface area (Å²) in [6, 6.07) is 0. The maximum atomic E-state index is 5.30. The van der Waals surface area contributed by atoms with Gasteiger partial charge < -0.3 is 4.74 Å². The predicted molar refractivity (Wildman–Crippen MR) is 67.8 cm³/mol. The highest BCUT2D eigenvalue weighted by Gasteiger charge is 1.94. The standard InChI is InChI=1S/C7H16O.C4H10.C2H6/c1-6(2)5-8-7(3)4;1-4(2)3;1-2/h6-7H,5H2,1-4H3;4H,1-3H3;1-2H3. The van der Waals surface area contributed by atoms with E-state index in [2.05, 4.69) is 48.5 Å². The Morgan fingerprint density at radius 3 is 1.14 bits per heavy atom. The lowest BCUT2D eigenvalue weighted by Gasteiger charge is -2.08. The Kier molecular flexibility index (Phi) is 21.5. The third kappa shape index (κ3) is 58.4. The molecule has 14 heavy (non-hydrogen) atoms. The van der Waals surface area contributed by atoms with Gasteiger partial charge in [-0.15, -0.1) is 0 Å². The first-order valence-corrected chi connectivity index (χ1v) is 5.97. The van der Waals surface area contributed by atoms with Gasteiger partial charge in [-0.2, -0.15) is 0 Å². The van der Waals surface area contributed by atoms with E-state index >= 15 is 0 Å². The second-order valence-electron chi connectivity index (χ2n) is 4.51. The van der Waals surface area contributed by atoms with E-state index in [1.165, 1.54) is 0 Å². The van der Waals surface area contributed by atoms with Crippen molar-refractivity contribution in [3.63, 3.8) is 0 Å². The maximum Gasteiger partial charge on any atom is 0.0518 e. The van der Waals surface area contributed by atoms with Crippen LogP contribution in [-0.2, 0) is 4.74 Å². The van der Waals surface area contributed by atoms with Gasteiger partial charge in [-0.25, -0.2) is 0 Å². The van der Waals surface area contributed by atoms with Crippen molar-refractivity contribution in [3.8, 4) is 0 Å². The lowest BCUT2D eigenvalue weighted by Crippen LogP contribution is -2.08. The minimum absolute atomic E-state index is 0.386. The van der Waals surface area contributed by atoms with Crippen LogP contribution in [0.3, 0.4) is 0 Å². The molecule has 0 saturated heterocycles. The van der Waals surface area contributed by atoms with Crippen LogP contribution in [0.2, 0.25) is 0 Å². The lowest BCUT2D eigenvalue weighted by molar-refractivity contribution is 0.0593. The topological polar surface area (TPSA) is 9.23 Å². The van der Waals surface area contributed by atoms with Gasteiger partial charge in [0.2, 0.25) is 0 Å². The summed E-state index contributed by atoms with van der Waals surface area (Å²) in [5, 5.41) is 0. The van der Waals surface area contributed by atoms with E-state index in [-0.39, 0.29) is 0 Å². The molecule has 0 spiro atoms. The molecule has 0 aromatic carbocycles. The summed E-state index contributed by atoms with van der Waals surface area (Å²) in [7, 11) is 0. The predicted octanol–water partition coefficient (Wildman–Crippen LogP) is 4.76. The fraction of sp³-hybridized carbons (Fsp3) is 1.00. The van der Waals surface area contributed by atoms with Crippen LogP contribution in [0.5, 0.6) is 0 Å². The van der Waals surface area contributed by atoms with Crippen molar-refractivity contribution in [1.29, 1.82) is 0 Å². The second kappa shape index (κ2) is 15.4. The van der Waals surface area contributed by atoms with Gasteiger partial charge in [0.15, 0.2) is 0 Å². The number of hydrogen-bond acceptors (Lipinski definition) is 1. The average molecular weight is 204 g/mol. The van der Waals surface area contributed by atoms with Gasteiger partial charge in [0, 0.05) is 6.61 Å². The Bertz CT molecular complexity index is 64.5. The Hall–Kier alpha value is -0.0400. The molecule has 0 unspecified atom stereocenters. The van der Waals surface area contributed by atoms with Crippen LogP contribution in [-0.4, -0.2) is 12.7 Å². The molecule has 1 heteroatoms. The molecule has 0 saturated carbocycles. The van der Waals surface area contributed by atoms with Crippen molar-refractivity contribution in [3.05, 3.63) is 0 Å². The molecule has 90 valence electrons. The zero-order chi connectivity index (χ0) is 12.1. The molecule has 0 aliphatic heterocycles. The SMILES string of the molecule is CC.CC(C)C.CC(C)COC(C)C. The molecule has 0 aliphatic rings. The van der Waals surface area contributed by atoms with Crippen LogP contribution < -0.4 is 0 Å². The Labute approximate surface area is 92.2 Å². The number of rotatable bonds is 3. The molecule has 0 heterocycles. The van der Waals surface area contributed by atoms with Crippen LogP contribution >= 0.6 is 0 Å². The first kappa shape index (κ1) is 19.5. The molecule has 0 bridgehead atoms. The summed E-state index contributed by atoms with van der Waals surface area (Å²) in [5.74, 6) is 1.50. The van der Waals surface area contributed by atoms with Gasteiger partial charge >= 0.3 is 0 Å². The fourth-order valence-electron chi connectivity index (χ4n) is 0.385. The average Bonchev–Trinajstić information content (AvgIpc) is 2.03. The zero-order valence-electron chi connectivity index (χ0n) is 11.8. The van der Waals surface area contributed by atoms with Crippen LogP contribution in [0.4, 0.5) is 0 Å². The molecule has 0 atom stereocenters. The molecule has 0 radical (unpaired) electrons. The molecular weight excluding hydrogens is 172 g/mol. The highest BCUT2D eigenvalue weighted by molar-refractivity contribution is 4.41. The van der Waals surface area contributed by atoms with E-state index in [9.17, 15) is 0 Å². The van der Waals surface area contributed by atoms with E-state index < -0.39 is 0 Å². The highest BCUT2D eigenvalue weighted by Crippen LogP contribution is 1.95. The van der Waals surface area contributed by atoms with Crippen molar-refractivity contribution in [2.45, 2.75) is 68.4 Å². The first-order valence-electron chi connectivity index (χ1n) is 5.97. The fourth-order valence-corrected chi connectivity index (χ4v) is 0.385. The summed E-state index contributed by atoms with van der Waals surface area (Å²) >= 11 is 0. The smallest absolute Gasteiger partial charge is 0.0518 e. The van der Waals surface area contributed by atoms with E-state index in [0.29, 0.717) is 12.0 Å². The quantitative estimate of drug-likeness (QED) is 0.644. The summed E-state index contributed by atoms with van der Waals surface area (Å²) in [6.07, 6.45) is 0.386. The largest absolute Gasteiger partial charge is 0.379 e. The molecule has 0 amide bonds. The van der Waals surface area contributed by atoms with Crippen LogP contribution in [0, 0.1) is 11.8 Å². The van der Waals surface area contributed by atoms with Crippen LogP contribution in [0.15, 0.2) is 0 Å². The minimum Gasteiger partial charge on any atom is -0.379 e. The van der Waals surface area contributed by atoms with Gasteiger partial charge in [0.1, 0.15) is 0 Å². The lowest BCUT2D eigenvalue weighted by atomic mass is 10.2. The molecule has 0 aliphatic carbocycles. The molecular formula is C13H32O. The van der Waals surface area contributed by atoms with Crippen molar-refractivity contribution >= 4 is 0 Å².